The second-order valence-corrected chi connectivity index (χ2v) is 7.02. The van der Waals surface area contributed by atoms with Crippen molar-refractivity contribution < 1.29 is 9.59 Å². The molecule has 0 N–H and O–H groups in total. The summed E-state index contributed by atoms with van der Waals surface area (Å²) < 4.78 is 0. The van der Waals surface area contributed by atoms with Crippen LogP contribution in [-0.4, -0.2) is 11.6 Å². The van der Waals surface area contributed by atoms with Gasteiger partial charge in [0.05, 0.1) is 5.92 Å². The van der Waals surface area contributed by atoms with Crippen molar-refractivity contribution in [2.45, 2.75) is 110 Å². The maximum absolute atomic E-state index is 12.4. The summed E-state index contributed by atoms with van der Waals surface area (Å²) in [6, 6.07) is 0. The second-order valence-electron chi connectivity index (χ2n) is 7.02. The Kier molecular flexibility index (Phi) is 11.3. The maximum Gasteiger partial charge on any atom is 0.143 e. The molecule has 0 spiro atoms. The summed E-state index contributed by atoms with van der Waals surface area (Å²) >= 11 is 0. The lowest BCUT2D eigenvalue weighted by Crippen LogP contribution is -2.24. The molecule has 0 radical (unpaired) electrons. The van der Waals surface area contributed by atoms with Gasteiger partial charge >= 0.3 is 0 Å². The Labute approximate surface area is 137 Å². The minimum absolute atomic E-state index is 0.235. The van der Waals surface area contributed by atoms with Gasteiger partial charge in [-0.15, -0.1) is 0 Å². The maximum atomic E-state index is 12.4. The molecule has 0 atom stereocenters. The SMILES string of the molecule is CCCCCCCCC1C(=O)CCCCCCCCCC1=O. The van der Waals surface area contributed by atoms with Crippen molar-refractivity contribution in [2.75, 3.05) is 0 Å². The van der Waals surface area contributed by atoms with E-state index in [9.17, 15) is 9.59 Å². The molecule has 1 fully saturated rings. The Morgan fingerprint density at radius 2 is 1.14 bits per heavy atom. The van der Waals surface area contributed by atoms with E-state index < -0.39 is 0 Å². The second kappa shape index (κ2) is 12.8. The van der Waals surface area contributed by atoms with Crippen LogP contribution in [0.1, 0.15) is 110 Å². The van der Waals surface area contributed by atoms with Crippen molar-refractivity contribution in [3.63, 3.8) is 0 Å². The molecule has 0 saturated heterocycles. The lowest BCUT2D eigenvalue weighted by molar-refractivity contribution is -0.133. The average Bonchev–Trinajstić information content (AvgIpc) is 2.51. The smallest absolute Gasteiger partial charge is 0.143 e. The van der Waals surface area contributed by atoms with Crippen LogP contribution >= 0.6 is 0 Å². The first-order valence-electron chi connectivity index (χ1n) is 9.81. The van der Waals surface area contributed by atoms with E-state index in [1.54, 1.807) is 0 Å². The van der Waals surface area contributed by atoms with E-state index in [4.69, 9.17) is 0 Å². The van der Waals surface area contributed by atoms with Gasteiger partial charge < -0.3 is 0 Å². The number of unbranched alkanes of at least 4 members (excludes halogenated alkanes) is 5. The van der Waals surface area contributed by atoms with Gasteiger partial charge in [-0.05, 0) is 19.3 Å². The van der Waals surface area contributed by atoms with Crippen molar-refractivity contribution >= 4 is 11.6 Å². The fourth-order valence-corrected chi connectivity index (χ4v) is 3.46. The first-order valence-corrected chi connectivity index (χ1v) is 9.81. The van der Waals surface area contributed by atoms with Gasteiger partial charge in [0.15, 0.2) is 0 Å². The molecule has 0 aromatic carbocycles. The van der Waals surface area contributed by atoms with E-state index in [0.29, 0.717) is 12.8 Å². The van der Waals surface area contributed by atoms with Gasteiger partial charge in [-0.25, -0.2) is 0 Å². The molecule has 128 valence electrons. The predicted molar refractivity (Wildman–Crippen MR) is 93.1 cm³/mol. The van der Waals surface area contributed by atoms with Crippen molar-refractivity contribution in [1.29, 1.82) is 0 Å². The van der Waals surface area contributed by atoms with Crippen LogP contribution in [0.2, 0.25) is 0 Å². The molecule has 22 heavy (non-hydrogen) atoms. The van der Waals surface area contributed by atoms with Gasteiger partial charge in [-0.1, -0.05) is 77.6 Å². The molecule has 0 unspecified atom stereocenters. The van der Waals surface area contributed by atoms with Crippen molar-refractivity contribution in [3.8, 4) is 0 Å². The summed E-state index contributed by atoms with van der Waals surface area (Å²) in [4.78, 5) is 24.8. The Morgan fingerprint density at radius 1 is 0.682 bits per heavy atom. The molecule has 1 aliphatic carbocycles. The van der Waals surface area contributed by atoms with Crippen LogP contribution in [0, 0.1) is 5.92 Å². The van der Waals surface area contributed by atoms with E-state index in [2.05, 4.69) is 6.92 Å². The Bertz CT molecular complexity index is 287. The largest absolute Gasteiger partial charge is 0.299 e. The lowest BCUT2D eigenvalue weighted by Gasteiger charge is -2.16. The Morgan fingerprint density at radius 3 is 1.68 bits per heavy atom. The molecular weight excluding hydrogens is 272 g/mol. The standard InChI is InChI=1S/C20H36O2/c1-2-3-4-5-9-12-15-18-19(21)16-13-10-7-6-8-11-14-17-20(18)22/h18H,2-17H2,1H3. The van der Waals surface area contributed by atoms with Gasteiger partial charge in [0.1, 0.15) is 11.6 Å². The van der Waals surface area contributed by atoms with Crippen molar-refractivity contribution in [2.24, 2.45) is 5.92 Å². The molecule has 0 aliphatic heterocycles. The highest BCUT2D eigenvalue weighted by molar-refractivity contribution is 6.02. The number of carbonyl (C=O) groups excluding carboxylic acids is 2. The number of rotatable bonds is 7. The fraction of sp³-hybridized carbons (Fsp3) is 0.900. The van der Waals surface area contributed by atoms with Crippen LogP contribution in [0.3, 0.4) is 0 Å². The Hall–Kier alpha value is -0.660. The molecular formula is C20H36O2. The minimum atomic E-state index is -0.273. The molecule has 0 aromatic rings. The fourth-order valence-electron chi connectivity index (χ4n) is 3.46. The third-order valence-electron chi connectivity index (χ3n) is 4.97. The average molecular weight is 309 g/mol. The number of ketones is 2. The van der Waals surface area contributed by atoms with E-state index in [0.717, 1.165) is 38.5 Å². The highest BCUT2D eigenvalue weighted by Crippen LogP contribution is 2.21. The van der Waals surface area contributed by atoms with Crippen LogP contribution < -0.4 is 0 Å². The summed E-state index contributed by atoms with van der Waals surface area (Å²) in [5.74, 6) is 0.198. The first-order chi connectivity index (χ1) is 10.8. The molecule has 0 aromatic heterocycles. The molecule has 1 aliphatic rings. The van der Waals surface area contributed by atoms with Crippen LogP contribution in [0.25, 0.3) is 0 Å². The van der Waals surface area contributed by atoms with Gasteiger partial charge in [0.2, 0.25) is 0 Å². The molecule has 0 bridgehead atoms. The monoisotopic (exact) mass is 308 g/mol. The molecule has 0 amide bonds. The van der Waals surface area contributed by atoms with Crippen molar-refractivity contribution in [3.05, 3.63) is 0 Å². The summed E-state index contributed by atoms with van der Waals surface area (Å²) in [6.45, 7) is 2.22. The molecule has 2 heteroatoms. The summed E-state index contributed by atoms with van der Waals surface area (Å²) in [7, 11) is 0. The van der Waals surface area contributed by atoms with E-state index >= 15 is 0 Å². The first kappa shape index (κ1) is 19.4. The molecule has 1 rings (SSSR count). The highest BCUT2D eigenvalue weighted by Gasteiger charge is 2.24. The predicted octanol–water partition coefficient (Wildman–Crippen LogP) is 6.02. The van der Waals surface area contributed by atoms with Gasteiger partial charge in [0.25, 0.3) is 0 Å². The normalized spacial score (nSPS) is 19.7. The lowest BCUT2D eigenvalue weighted by atomic mass is 9.87. The molecule has 0 heterocycles. The number of hydrogen-bond acceptors (Lipinski definition) is 2. The summed E-state index contributed by atoms with van der Waals surface area (Å²) in [5.41, 5.74) is 0. The van der Waals surface area contributed by atoms with Gasteiger partial charge in [-0.3, -0.25) is 9.59 Å². The highest BCUT2D eigenvalue weighted by atomic mass is 16.1. The third-order valence-corrected chi connectivity index (χ3v) is 4.97. The zero-order chi connectivity index (χ0) is 16.0. The quantitative estimate of drug-likeness (QED) is 0.426. The van der Waals surface area contributed by atoms with Crippen LogP contribution in [0.4, 0.5) is 0 Å². The zero-order valence-electron chi connectivity index (χ0n) is 14.7. The van der Waals surface area contributed by atoms with Gasteiger partial charge in [-0.2, -0.15) is 0 Å². The third kappa shape index (κ3) is 8.70. The topological polar surface area (TPSA) is 34.1 Å². The molecule has 1 saturated carbocycles. The van der Waals surface area contributed by atoms with E-state index in [1.165, 1.54) is 51.4 Å². The molecule has 2 nitrogen and oxygen atoms in total. The Balaban J connectivity index is 2.38. The van der Waals surface area contributed by atoms with E-state index in [1.807, 2.05) is 0 Å². The number of Topliss-reactive ketones (excluding diaryl/α,β-unsaturated/α-hetero) is 2. The zero-order valence-corrected chi connectivity index (χ0v) is 14.7. The van der Waals surface area contributed by atoms with Crippen LogP contribution in [0.15, 0.2) is 0 Å². The van der Waals surface area contributed by atoms with Crippen LogP contribution in [0.5, 0.6) is 0 Å². The number of hydrogen-bond donors (Lipinski definition) is 0. The number of carbonyl (C=O) groups is 2. The van der Waals surface area contributed by atoms with Crippen molar-refractivity contribution in [1.82, 2.24) is 0 Å². The van der Waals surface area contributed by atoms with E-state index in [-0.39, 0.29) is 17.5 Å². The summed E-state index contributed by atoms with van der Waals surface area (Å²) in [6.07, 6.45) is 17.5. The minimum Gasteiger partial charge on any atom is -0.299 e. The van der Waals surface area contributed by atoms with Gasteiger partial charge in [0, 0.05) is 12.8 Å². The van der Waals surface area contributed by atoms with Crippen LogP contribution in [-0.2, 0) is 9.59 Å². The summed E-state index contributed by atoms with van der Waals surface area (Å²) in [5, 5.41) is 0.